The first kappa shape index (κ1) is 6.85. The van der Waals surface area contributed by atoms with E-state index in [2.05, 4.69) is 4.74 Å². The highest BCUT2D eigenvalue weighted by atomic mass is 16.5. The van der Waals surface area contributed by atoms with Crippen LogP contribution in [0.3, 0.4) is 0 Å². The smallest absolute Gasteiger partial charge is 0.410 e. The second kappa shape index (κ2) is 2.17. The van der Waals surface area contributed by atoms with Gasteiger partial charge in [-0.1, -0.05) is 0 Å². The number of hydrogen-bond acceptors (Lipinski definition) is 3. The summed E-state index contributed by atoms with van der Waals surface area (Å²) >= 11 is 0. The number of aliphatic carboxylic acids is 1. The Morgan fingerprint density at radius 3 is 2.60 bits per heavy atom. The van der Waals surface area contributed by atoms with Crippen LogP contribution in [0.2, 0.25) is 0 Å². The number of rotatable bonds is 1. The maximum atomic E-state index is 10.5. The first-order valence-electron chi connectivity index (χ1n) is 2.74. The molecular weight excluding hydrogens is 138 g/mol. The average molecular weight is 145 g/mol. The van der Waals surface area contributed by atoms with E-state index in [0.717, 1.165) is 4.90 Å². The molecule has 0 aromatic rings. The highest BCUT2D eigenvalue weighted by Gasteiger charge is 2.45. The average Bonchev–Trinajstić information content (AvgIpc) is 2.64. The van der Waals surface area contributed by atoms with Gasteiger partial charge >= 0.3 is 12.1 Å². The first-order valence-corrected chi connectivity index (χ1v) is 2.74. The highest BCUT2D eigenvalue weighted by molar-refractivity contribution is 5.85. The van der Waals surface area contributed by atoms with Crippen molar-refractivity contribution in [1.82, 2.24) is 4.90 Å². The van der Waals surface area contributed by atoms with Crippen LogP contribution in [0.15, 0.2) is 0 Å². The molecule has 0 spiro atoms. The molecule has 1 saturated heterocycles. The molecule has 1 aliphatic heterocycles. The number of hydrogen-bond donors (Lipinski definition) is 1. The Morgan fingerprint density at radius 2 is 2.30 bits per heavy atom. The normalized spacial score (nSPS) is 22.1. The van der Waals surface area contributed by atoms with Crippen LogP contribution in [0.5, 0.6) is 0 Å². The van der Waals surface area contributed by atoms with Crippen molar-refractivity contribution in [2.75, 3.05) is 13.7 Å². The lowest BCUT2D eigenvalue weighted by Gasteiger charge is -1.97. The van der Waals surface area contributed by atoms with Crippen LogP contribution in [-0.4, -0.2) is 41.8 Å². The zero-order valence-corrected chi connectivity index (χ0v) is 5.40. The summed E-state index contributed by atoms with van der Waals surface area (Å²) in [4.78, 5) is 21.8. The lowest BCUT2D eigenvalue weighted by atomic mass is 10.5. The molecule has 5 nitrogen and oxygen atoms in total. The van der Waals surface area contributed by atoms with Gasteiger partial charge in [-0.25, -0.2) is 9.59 Å². The fraction of sp³-hybridized carbons (Fsp3) is 0.600. The number of amides is 1. The van der Waals surface area contributed by atoms with E-state index >= 15 is 0 Å². The monoisotopic (exact) mass is 145 g/mol. The molecule has 1 fully saturated rings. The van der Waals surface area contributed by atoms with Gasteiger partial charge in [-0.15, -0.1) is 0 Å². The van der Waals surface area contributed by atoms with Crippen molar-refractivity contribution in [2.24, 2.45) is 0 Å². The molecule has 1 N–H and O–H groups in total. The number of carbonyl (C=O) groups is 2. The van der Waals surface area contributed by atoms with Crippen molar-refractivity contribution in [1.29, 1.82) is 0 Å². The molecular formula is C5H7NO4. The summed E-state index contributed by atoms with van der Waals surface area (Å²) in [6.45, 7) is 0.266. The lowest BCUT2D eigenvalue weighted by molar-refractivity contribution is -0.137. The Bertz CT molecular complexity index is 178. The van der Waals surface area contributed by atoms with Gasteiger partial charge < -0.3 is 9.84 Å². The van der Waals surface area contributed by atoms with Crippen LogP contribution in [0.25, 0.3) is 0 Å². The standard InChI is InChI=1S/C5H7NO4/c1-10-5(9)6-2-3(6)4(7)8/h3H,2H2,1H3,(H,7,8)/t3-,6?/m0/s1. The van der Waals surface area contributed by atoms with E-state index in [0.29, 0.717) is 0 Å². The maximum absolute atomic E-state index is 10.5. The second-order valence-electron chi connectivity index (χ2n) is 1.98. The molecule has 0 saturated carbocycles. The number of carboxylic acids is 1. The van der Waals surface area contributed by atoms with Gasteiger partial charge in [-0.3, -0.25) is 4.90 Å². The van der Waals surface area contributed by atoms with Crippen LogP contribution in [0.1, 0.15) is 0 Å². The van der Waals surface area contributed by atoms with E-state index in [1.807, 2.05) is 0 Å². The van der Waals surface area contributed by atoms with Gasteiger partial charge in [-0.05, 0) is 0 Å². The van der Waals surface area contributed by atoms with Crippen LogP contribution < -0.4 is 0 Å². The number of carbonyl (C=O) groups excluding carboxylic acids is 1. The number of ether oxygens (including phenoxy) is 1. The van der Waals surface area contributed by atoms with Crippen LogP contribution in [0, 0.1) is 0 Å². The molecule has 0 radical (unpaired) electrons. The largest absolute Gasteiger partial charge is 0.480 e. The Balaban J connectivity index is 2.38. The third kappa shape index (κ3) is 1.02. The molecule has 0 aromatic heterocycles. The van der Waals surface area contributed by atoms with E-state index in [1.165, 1.54) is 7.11 Å². The first-order chi connectivity index (χ1) is 4.66. The Labute approximate surface area is 57.2 Å². The molecule has 10 heavy (non-hydrogen) atoms. The molecule has 56 valence electrons. The number of methoxy groups -OCH3 is 1. The summed E-state index contributed by atoms with van der Waals surface area (Å²) in [7, 11) is 1.22. The molecule has 0 aromatic carbocycles. The van der Waals surface area contributed by atoms with Gasteiger partial charge in [0.2, 0.25) is 0 Å². The zero-order chi connectivity index (χ0) is 7.72. The van der Waals surface area contributed by atoms with Gasteiger partial charge in [0, 0.05) is 0 Å². The van der Waals surface area contributed by atoms with E-state index < -0.39 is 18.1 Å². The highest BCUT2D eigenvalue weighted by Crippen LogP contribution is 2.17. The van der Waals surface area contributed by atoms with Gasteiger partial charge in [-0.2, -0.15) is 0 Å². The molecule has 1 aliphatic rings. The molecule has 0 unspecified atom stereocenters. The zero-order valence-electron chi connectivity index (χ0n) is 5.40. The molecule has 0 aliphatic carbocycles. The number of nitrogens with zero attached hydrogens (tertiary/aromatic N) is 1. The van der Waals surface area contributed by atoms with E-state index in [4.69, 9.17) is 5.11 Å². The molecule has 1 atom stereocenters. The topological polar surface area (TPSA) is 66.6 Å². The predicted octanol–water partition coefficient (Wildman–Crippen LogP) is -0.478. The van der Waals surface area contributed by atoms with Gasteiger partial charge in [0.1, 0.15) is 0 Å². The quantitative estimate of drug-likeness (QED) is 0.506. The van der Waals surface area contributed by atoms with E-state index in [1.54, 1.807) is 0 Å². The number of carboxylic acid groups (broad SMARTS) is 1. The van der Waals surface area contributed by atoms with Crippen LogP contribution >= 0.6 is 0 Å². The Morgan fingerprint density at radius 1 is 1.70 bits per heavy atom. The third-order valence-corrected chi connectivity index (χ3v) is 1.31. The predicted molar refractivity (Wildman–Crippen MR) is 30.5 cm³/mol. The van der Waals surface area contributed by atoms with Crippen molar-refractivity contribution in [3.8, 4) is 0 Å². The van der Waals surface area contributed by atoms with Crippen molar-refractivity contribution < 1.29 is 19.4 Å². The van der Waals surface area contributed by atoms with Crippen molar-refractivity contribution in [2.45, 2.75) is 6.04 Å². The SMILES string of the molecule is COC(=O)N1C[C@H]1C(=O)O. The minimum absolute atomic E-state index is 0.266. The molecule has 5 heteroatoms. The van der Waals surface area contributed by atoms with Crippen molar-refractivity contribution in [3.63, 3.8) is 0 Å². The van der Waals surface area contributed by atoms with Crippen LogP contribution in [-0.2, 0) is 9.53 Å². The summed E-state index contributed by atoms with van der Waals surface area (Å²) in [5.41, 5.74) is 0. The fourth-order valence-electron chi connectivity index (χ4n) is 0.670. The third-order valence-electron chi connectivity index (χ3n) is 1.31. The van der Waals surface area contributed by atoms with Gasteiger partial charge in [0.15, 0.2) is 6.04 Å². The van der Waals surface area contributed by atoms with E-state index in [9.17, 15) is 9.59 Å². The second-order valence-corrected chi connectivity index (χ2v) is 1.98. The molecule has 1 rings (SSSR count). The summed E-state index contributed by atoms with van der Waals surface area (Å²) in [5.74, 6) is -0.981. The summed E-state index contributed by atoms with van der Waals surface area (Å²) in [6, 6.07) is -0.660. The van der Waals surface area contributed by atoms with Crippen molar-refractivity contribution in [3.05, 3.63) is 0 Å². The van der Waals surface area contributed by atoms with E-state index in [-0.39, 0.29) is 6.54 Å². The lowest BCUT2D eigenvalue weighted by Crippen LogP contribution is -2.17. The fourth-order valence-corrected chi connectivity index (χ4v) is 0.670. The summed E-state index contributed by atoms with van der Waals surface area (Å²) < 4.78 is 4.28. The molecule has 1 amide bonds. The van der Waals surface area contributed by atoms with Crippen LogP contribution in [0.4, 0.5) is 4.79 Å². The molecule has 0 bridgehead atoms. The minimum atomic E-state index is -0.981. The minimum Gasteiger partial charge on any atom is -0.480 e. The summed E-state index contributed by atoms with van der Waals surface area (Å²) in [6.07, 6.45) is -0.576. The maximum Gasteiger partial charge on any atom is 0.410 e. The van der Waals surface area contributed by atoms with Gasteiger partial charge in [0.05, 0.1) is 13.7 Å². The Kier molecular flexibility index (Phi) is 1.48. The summed E-state index contributed by atoms with van der Waals surface area (Å²) in [5, 5.41) is 8.32. The van der Waals surface area contributed by atoms with Crippen molar-refractivity contribution >= 4 is 12.1 Å². The Hall–Kier alpha value is -1.26. The molecule has 1 heterocycles. The van der Waals surface area contributed by atoms with Gasteiger partial charge in [0.25, 0.3) is 0 Å².